The molecular weight excluding hydrogens is 440 g/mol. The summed E-state index contributed by atoms with van der Waals surface area (Å²) >= 11 is 1.15. The lowest BCUT2D eigenvalue weighted by molar-refractivity contribution is -0.119. The zero-order chi connectivity index (χ0) is 22.2. The lowest BCUT2D eigenvalue weighted by Crippen LogP contribution is -2.45. The van der Waals surface area contributed by atoms with E-state index in [4.69, 9.17) is 0 Å². The van der Waals surface area contributed by atoms with Crippen LogP contribution in [0.3, 0.4) is 0 Å². The van der Waals surface area contributed by atoms with Gasteiger partial charge in [-0.15, -0.1) is 11.3 Å². The molecule has 31 heavy (non-hydrogen) atoms. The highest BCUT2D eigenvalue weighted by Gasteiger charge is 2.40. The molecule has 1 aromatic heterocycles. The van der Waals surface area contributed by atoms with Gasteiger partial charge in [-0.3, -0.25) is 24.0 Å². The number of carbonyl (C=O) groups excluding carboxylic acids is 3. The van der Waals surface area contributed by atoms with Gasteiger partial charge >= 0.3 is 0 Å². The topological polar surface area (TPSA) is 126 Å². The van der Waals surface area contributed by atoms with Crippen LogP contribution in [0.5, 0.6) is 0 Å². The number of hydrogen-bond donors (Lipinski definition) is 2. The molecule has 0 fully saturated rings. The van der Waals surface area contributed by atoms with E-state index in [1.54, 1.807) is 29.6 Å². The summed E-state index contributed by atoms with van der Waals surface area (Å²) in [6.07, 6.45) is 1.48. The molecule has 2 N–H and O–H groups in total. The first-order valence-corrected chi connectivity index (χ1v) is 11.4. The molecule has 0 radical (unpaired) electrons. The Morgan fingerprint density at radius 3 is 2.19 bits per heavy atom. The molecule has 0 aliphatic carbocycles. The highest BCUT2D eigenvalue weighted by atomic mass is 32.2. The fourth-order valence-electron chi connectivity index (χ4n) is 3.09. The van der Waals surface area contributed by atoms with Gasteiger partial charge in [-0.2, -0.15) is 0 Å². The van der Waals surface area contributed by atoms with Gasteiger partial charge in [0.05, 0.1) is 16.0 Å². The largest absolute Gasteiger partial charge is 0.324 e. The number of thiazole rings is 1. The second kappa shape index (κ2) is 7.93. The Balaban J connectivity index is 1.45. The summed E-state index contributed by atoms with van der Waals surface area (Å²) in [4.78, 5) is 42.5. The molecule has 1 atom stereocenters. The average molecular weight is 457 g/mol. The minimum absolute atomic E-state index is 0.00547. The van der Waals surface area contributed by atoms with E-state index in [0.717, 1.165) is 16.2 Å². The number of nitrogens with one attached hydrogen (secondary N) is 2. The molecule has 4 rings (SSSR count). The first-order chi connectivity index (χ1) is 14.8. The van der Waals surface area contributed by atoms with Crippen molar-refractivity contribution in [2.24, 2.45) is 0 Å². The maximum absolute atomic E-state index is 12.6. The zero-order valence-electron chi connectivity index (χ0n) is 16.1. The Labute approximate surface area is 181 Å². The van der Waals surface area contributed by atoms with Crippen LogP contribution >= 0.6 is 11.3 Å². The number of aromatic nitrogens is 1. The van der Waals surface area contributed by atoms with E-state index in [1.807, 2.05) is 0 Å². The summed E-state index contributed by atoms with van der Waals surface area (Å²) < 4.78 is 27.1. The van der Waals surface area contributed by atoms with E-state index < -0.39 is 33.8 Å². The number of carbonyl (C=O) groups is 3. The van der Waals surface area contributed by atoms with Gasteiger partial charge in [0.15, 0.2) is 5.13 Å². The number of sulfonamides is 1. The number of fused-ring (bicyclic) bond motifs is 1. The van der Waals surface area contributed by atoms with Gasteiger partial charge in [0, 0.05) is 17.3 Å². The molecule has 0 saturated heterocycles. The Bertz CT molecular complexity index is 1240. The summed E-state index contributed by atoms with van der Waals surface area (Å²) in [5, 5.41) is 4.49. The Hall–Kier alpha value is -3.57. The van der Waals surface area contributed by atoms with E-state index in [9.17, 15) is 22.8 Å². The van der Waals surface area contributed by atoms with Gasteiger partial charge < -0.3 is 5.32 Å². The monoisotopic (exact) mass is 456 g/mol. The van der Waals surface area contributed by atoms with Crippen LogP contribution in [0.25, 0.3) is 0 Å². The van der Waals surface area contributed by atoms with Crippen molar-refractivity contribution < 1.29 is 22.8 Å². The number of amides is 3. The van der Waals surface area contributed by atoms with E-state index in [2.05, 4.69) is 15.0 Å². The van der Waals surface area contributed by atoms with Crippen LogP contribution in [0.4, 0.5) is 10.8 Å². The molecule has 1 aliphatic heterocycles. The van der Waals surface area contributed by atoms with Crippen molar-refractivity contribution in [3.05, 3.63) is 71.2 Å². The summed E-state index contributed by atoms with van der Waals surface area (Å²) in [5.74, 6) is -1.64. The first-order valence-electron chi connectivity index (χ1n) is 9.08. The lowest BCUT2D eigenvalue weighted by atomic mass is 10.1. The van der Waals surface area contributed by atoms with Gasteiger partial charge in [-0.05, 0) is 43.3 Å². The number of anilines is 2. The Kier molecular flexibility index (Phi) is 5.29. The molecule has 0 unspecified atom stereocenters. The number of rotatable bonds is 6. The number of imide groups is 1. The molecule has 158 valence electrons. The normalized spacial score (nSPS) is 14.3. The van der Waals surface area contributed by atoms with Gasteiger partial charge in [-0.1, -0.05) is 12.1 Å². The van der Waals surface area contributed by atoms with Crippen molar-refractivity contribution in [3.8, 4) is 0 Å². The molecule has 11 heteroatoms. The van der Waals surface area contributed by atoms with Crippen molar-refractivity contribution >= 4 is 49.9 Å². The molecule has 3 amide bonds. The number of hydrogen-bond acceptors (Lipinski definition) is 7. The molecule has 9 nitrogen and oxygen atoms in total. The minimum atomic E-state index is -3.82. The van der Waals surface area contributed by atoms with Crippen molar-refractivity contribution in [2.75, 3.05) is 10.0 Å². The van der Waals surface area contributed by atoms with Gasteiger partial charge in [0.2, 0.25) is 5.91 Å². The van der Waals surface area contributed by atoms with E-state index in [-0.39, 0.29) is 21.2 Å². The molecule has 3 aromatic rings. The molecular formula is C20H16N4O5S2. The third-order valence-corrected chi connectivity index (χ3v) is 6.85. The smallest absolute Gasteiger partial charge is 0.263 e. The van der Waals surface area contributed by atoms with E-state index in [1.165, 1.54) is 37.4 Å². The molecule has 0 spiro atoms. The van der Waals surface area contributed by atoms with Crippen molar-refractivity contribution in [3.63, 3.8) is 0 Å². The predicted octanol–water partition coefficient (Wildman–Crippen LogP) is 2.57. The third kappa shape index (κ3) is 3.92. The van der Waals surface area contributed by atoms with Crippen LogP contribution in [0.15, 0.2) is 65.0 Å². The number of benzene rings is 2. The summed E-state index contributed by atoms with van der Waals surface area (Å²) in [6, 6.07) is 10.8. The molecule has 0 bridgehead atoms. The van der Waals surface area contributed by atoms with Crippen molar-refractivity contribution in [1.29, 1.82) is 0 Å². The third-order valence-electron chi connectivity index (χ3n) is 4.68. The zero-order valence-corrected chi connectivity index (χ0v) is 17.7. The summed E-state index contributed by atoms with van der Waals surface area (Å²) in [6.45, 7) is 1.45. The van der Waals surface area contributed by atoms with Crippen molar-refractivity contribution in [2.45, 2.75) is 17.9 Å². The van der Waals surface area contributed by atoms with Gasteiger partial charge in [-0.25, -0.2) is 13.4 Å². The van der Waals surface area contributed by atoms with Crippen LogP contribution in [0.1, 0.15) is 27.6 Å². The Morgan fingerprint density at radius 1 is 1.03 bits per heavy atom. The fourth-order valence-corrected chi connectivity index (χ4v) is 4.88. The van der Waals surface area contributed by atoms with Crippen LogP contribution < -0.4 is 10.0 Å². The lowest BCUT2D eigenvalue weighted by Gasteiger charge is -2.21. The SMILES string of the molecule is C[C@@H](C(=O)Nc1ccc(S(=O)(=O)Nc2nccs2)cc1)N1C(=O)c2ccccc2C1=O. The minimum Gasteiger partial charge on any atom is -0.324 e. The standard InChI is InChI=1S/C20H16N4O5S2/c1-12(24-18(26)15-4-2-3-5-16(15)19(24)27)17(25)22-13-6-8-14(9-7-13)31(28,29)23-20-21-10-11-30-20/h2-12H,1H3,(H,21,23)(H,22,25)/t12-/m0/s1. The highest BCUT2D eigenvalue weighted by Crippen LogP contribution is 2.25. The van der Waals surface area contributed by atoms with Crippen LogP contribution in [0, 0.1) is 0 Å². The summed E-state index contributed by atoms with van der Waals surface area (Å²) in [5.41, 5.74) is 0.838. The average Bonchev–Trinajstić information content (AvgIpc) is 3.34. The second-order valence-corrected chi connectivity index (χ2v) is 9.24. The maximum atomic E-state index is 12.6. The molecule has 2 aromatic carbocycles. The second-order valence-electron chi connectivity index (χ2n) is 6.66. The molecule has 2 heterocycles. The number of nitrogens with zero attached hydrogens (tertiary/aromatic N) is 2. The maximum Gasteiger partial charge on any atom is 0.263 e. The summed E-state index contributed by atoms with van der Waals surface area (Å²) in [7, 11) is -3.82. The van der Waals surface area contributed by atoms with Crippen LogP contribution in [0.2, 0.25) is 0 Å². The Morgan fingerprint density at radius 2 is 1.65 bits per heavy atom. The molecule has 1 aliphatic rings. The first kappa shape index (κ1) is 20.7. The molecule has 0 saturated carbocycles. The van der Waals surface area contributed by atoms with Crippen LogP contribution in [-0.2, 0) is 14.8 Å². The van der Waals surface area contributed by atoms with E-state index >= 15 is 0 Å². The highest BCUT2D eigenvalue weighted by molar-refractivity contribution is 7.93. The quantitative estimate of drug-likeness (QED) is 0.549. The predicted molar refractivity (Wildman–Crippen MR) is 114 cm³/mol. The fraction of sp³-hybridized carbons (Fsp3) is 0.100. The van der Waals surface area contributed by atoms with Crippen molar-refractivity contribution in [1.82, 2.24) is 9.88 Å². The van der Waals surface area contributed by atoms with E-state index in [0.29, 0.717) is 5.69 Å². The van der Waals surface area contributed by atoms with Gasteiger partial charge in [0.25, 0.3) is 21.8 Å². The van der Waals surface area contributed by atoms with Gasteiger partial charge in [0.1, 0.15) is 6.04 Å². The van der Waals surface area contributed by atoms with Crippen LogP contribution in [-0.4, -0.2) is 42.1 Å².